The second-order valence-corrected chi connectivity index (χ2v) is 6.98. The lowest BCUT2D eigenvalue weighted by Crippen LogP contribution is -2.17. The molecule has 0 radical (unpaired) electrons. The Morgan fingerprint density at radius 3 is 2.67 bits per heavy atom. The van der Waals surface area contributed by atoms with E-state index in [1.807, 2.05) is 38.1 Å². The molecule has 3 rings (SSSR count). The SMILES string of the molecule is CCn1cc(NC(=O)c2ccc(COc3ccccc3C)o2)c(C(=O)OC(C)C)n1. The third-order valence-electron chi connectivity index (χ3n) is 4.22. The Balaban J connectivity index is 1.69. The van der Waals surface area contributed by atoms with Crippen LogP contribution in [-0.2, 0) is 17.9 Å². The van der Waals surface area contributed by atoms with E-state index in [-0.39, 0.29) is 29.9 Å². The number of rotatable bonds is 8. The van der Waals surface area contributed by atoms with Gasteiger partial charge in [-0.2, -0.15) is 5.10 Å². The number of anilines is 1. The van der Waals surface area contributed by atoms with Crippen molar-refractivity contribution in [2.45, 2.75) is 47.0 Å². The van der Waals surface area contributed by atoms with Crippen LogP contribution in [0.4, 0.5) is 5.69 Å². The van der Waals surface area contributed by atoms with Gasteiger partial charge in [0.2, 0.25) is 0 Å². The van der Waals surface area contributed by atoms with Gasteiger partial charge in [-0.25, -0.2) is 4.79 Å². The Morgan fingerprint density at radius 1 is 1.20 bits per heavy atom. The van der Waals surface area contributed by atoms with Crippen molar-refractivity contribution >= 4 is 17.6 Å². The number of aromatic nitrogens is 2. The molecule has 0 unspecified atom stereocenters. The molecule has 1 amide bonds. The fraction of sp³-hybridized carbons (Fsp3) is 0.318. The molecule has 0 aliphatic carbocycles. The first-order valence-electron chi connectivity index (χ1n) is 9.74. The lowest BCUT2D eigenvalue weighted by molar-refractivity contribution is 0.0371. The largest absolute Gasteiger partial charge is 0.485 e. The number of nitrogens with zero attached hydrogens (tertiary/aromatic N) is 2. The van der Waals surface area contributed by atoms with Crippen LogP contribution in [0, 0.1) is 6.92 Å². The fourth-order valence-corrected chi connectivity index (χ4v) is 2.72. The maximum absolute atomic E-state index is 12.6. The molecular weight excluding hydrogens is 386 g/mol. The van der Waals surface area contributed by atoms with Crippen molar-refractivity contribution in [1.82, 2.24) is 9.78 Å². The van der Waals surface area contributed by atoms with Gasteiger partial charge in [0.15, 0.2) is 11.5 Å². The molecule has 0 fully saturated rings. The molecule has 8 heteroatoms. The predicted octanol–water partition coefficient (Wildman–Crippen LogP) is 4.20. The average molecular weight is 411 g/mol. The van der Waals surface area contributed by atoms with Crippen molar-refractivity contribution in [1.29, 1.82) is 0 Å². The average Bonchev–Trinajstić information content (AvgIpc) is 3.34. The van der Waals surface area contributed by atoms with E-state index in [4.69, 9.17) is 13.9 Å². The van der Waals surface area contributed by atoms with Crippen molar-refractivity contribution in [3.05, 3.63) is 65.4 Å². The molecule has 0 saturated heterocycles. The highest BCUT2D eigenvalue weighted by atomic mass is 16.5. The molecule has 0 spiro atoms. The van der Waals surface area contributed by atoms with Crippen LogP contribution < -0.4 is 10.1 Å². The Labute approximate surface area is 174 Å². The van der Waals surface area contributed by atoms with E-state index in [2.05, 4.69) is 10.4 Å². The number of furan rings is 1. The van der Waals surface area contributed by atoms with E-state index in [9.17, 15) is 9.59 Å². The molecule has 0 aliphatic rings. The third-order valence-corrected chi connectivity index (χ3v) is 4.22. The van der Waals surface area contributed by atoms with E-state index in [1.165, 1.54) is 0 Å². The van der Waals surface area contributed by atoms with Crippen LogP contribution in [-0.4, -0.2) is 27.8 Å². The molecule has 0 saturated carbocycles. The summed E-state index contributed by atoms with van der Waals surface area (Å²) in [5.74, 6) is 0.267. The lowest BCUT2D eigenvalue weighted by atomic mass is 10.2. The number of ether oxygens (including phenoxy) is 2. The number of esters is 1. The van der Waals surface area contributed by atoms with Gasteiger partial charge in [0.25, 0.3) is 5.91 Å². The lowest BCUT2D eigenvalue weighted by Gasteiger charge is -2.08. The highest BCUT2D eigenvalue weighted by Crippen LogP contribution is 2.20. The summed E-state index contributed by atoms with van der Waals surface area (Å²) < 4.78 is 18.1. The molecule has 2 aromatic heterocycles. The Morgan fingerprint density at radius 2 is 1.97 bits per heavy atom. The molecule has 158 valence electrons. The van der Waals surface area contributed by atoms with Gasteiger partial charge >= 0.3 is 5.97 Å². The second-order valence-electron chi connectivity index (χ2n) is 6.98. The molecule has 1 aromatic carbocycles. The summed E-state index contributed by atoms with van der Waals surface area (Å²) in [5.41, 5.74) is 1.32. The Hall–Kier alpha value is -3.55. The summed E-state index contributed by atoms with van der Waals surface area (Å²) in [7, 11) is 0. The molecule has 2 heterocycles. The minimum atomic E-state index is -0.598. The van der Waals surface area contributed by atoms with Crippen LogP contribution in [0.1, 0.15) is 53.1 Å². The molecule has 0 aliphatic heterocycles. The third kappa shape index (κ3) is 5.08. The molecule has 30 heavy (non-hydrogen) atoms. The topological polar surface area (TPSA) is 95.6 Å². The second kappa shape index (κ2) is 9.30. The zero-order chi connectivity index (χ0) is 21.7. The zero-order valence-electron chi connectivity index (χ0n) is 17.5. The van der Waals surface area contributed by atoms with E-state index in [1.54, 1.807) is 36.9 Å². The molecule has 0 atom stereocenters. The van der Waals surface area contributed by atoms with E-state index >= 15 is 0 Å². The summed E-state index contributed by atoms with van der Waals surface area (Å²) in [5, 5.41) is 6.86. The fourth-order valence-electron chi connectivity index (χ4n) is 2.72. The quantitative estimate of drug-likeness (QED) is 0.558. The van der Waals surface area contributed by atoms with Gasteiger partial charge in [-0.3, -0.25) is 9.48 Å². The highest BCUT2D eigenvalue weighted by Gasteiger charge is 2.22. The predicted molar refractivity (Wildman–Crippen MR) is 111 cm³/mol. The van der Waals surface area contributed by atoms with Crippen LogP contribution in [0.15, 0.2) is 47.0 Å². The highest BCUT2D eigenvalue weighted by molar-refractivity contribution is 6.06. The Kier molecular flexibility index (Phi) is 6.56. The number of hydrogen-bond acceptors (Lipinski definition) is 6. The van der Waals surface area contributed by atoms with E-state index < -0.39 is 11.9 Å². The standard InChI is InChI=1S/C22H25N3O5/c1-5-25-12-17(20(24-25)22(27)29-14(2)3)23-21(26)19-11-10-16(30-19)13-28-18-9-7-6-8-15(18)4/h6-12,14H,5,13H2,1-4H3,(H,23,26). The zero-order valence-corrected chi connectivity index (χ0v) is 17.5. The van der Waals surface area contributed by atoms with Crippen LogP contribution in [0.25, 0.3) is 0 Å². The van der Waals surface area contributed by atoms with Gasteiger partial charge in [-0.05, 0) is 51.5 Å². The Bertz CT molecular complexity index is 1040. The summed E-state index contributed by atoms with van der Waals surface area (Å²) in [4.78, 5) is 24.9. The van der Waals surface area contributed by atoms with Gasteiger partial charge in [-0.15, -0.1) is 0 Å². The first-order valence-corrected chi connectivity index (χ1v) is 9.74. The number of aryl methyl sites for hydroxylation is 2. The van der Waals surface area contributed by atoms with E-state index in [0.717, 1.165) is 11.3 Å². The number of amides is 1. The number of para-hydroxylation sites is 1. The first kappa shape index (κ1) is 21.2. The minimum Gasteiger partial charge on any atom is -0.485 e. The van der Waals surface area contributed by atoms with Crippen molar-refractivity contribution in [3.8, 4) is 5.75 Å². The maximum atomic E-state index is 12.6. The van der Waals surface area contributed by atoms with Crippen LogP contribution in [0.3, 0.4) is 0 Å². The van der Waals surface area contributed by atoms with E-state index in [0.29, 0.717) is 12.3 Å². The minimum absolute atomic E-state index is 0.0496. The number of hydrogen-bond donors (Lipinski definition) is 1. The van der Waals surface area contributed by atoms with Gasteiger partial charge in [0.1, 0.15) is 18.1 Å². The maximum Gasteiger partial charge on any atom is 0.361 e. The van der Waals surface area contributed by atoms with Gasteiger partial charge in [0, 0.05) is 12.7 Å². The molecule has 0 bridgehead atoms. The number of carbonyl (C=O) groups is 2. The van der Waals surface area contributed by atoms with Gasteiger partial charge < -0.3 is 19.2 Å². The normalized spacial score (nSPS) is 10.8. The molecule has 3 aromatic rings. The number of carbonyl (C=O) groups excluding carboxylic acids is 2. The smallest absolute Gasteiger partial charge is 0.361 e. The molecule has 8 nitrogen and oxygen atoms in total. The van der Waals surface area contributed by atoms with Crippen molar-refractivity contribution in [2.75, 3.05) is 5.32 Å². The van der Waals surface area contributed by atoms with Crippen molar-refractivity contribution in [2.24, 2.45) is 0 Å². The summed E-state index contributed by atoms with van der Waals surface area (Å²) in [6.07, 6.45) is 1.29. The van der Waals surface area contributed by atoms with Crippen LogP contribution >= 0.6 is 0 Å². The van der Waals surface area contributed by atoms with Gasteiger partial charge in [0.05, 0.1) is 11.8 Å². The first-order chi connectivity index (χ1) is 14.4. The molecular formula is C22H25N3O5. The number of benzene rings is 1. The summed E-state index contributed by atoms with van der Waals surface area (Å²) in [6.45, 7) is 8.06. The van der Waals surface area contributed by atoms with Crippen molar-refractivity contribution < 1.29 is 23.5 Å². The van der Waals surface area contributed by atoms with Crippen molar-refractivity contribution in [3.63, 3.8) is 0 Å². The summed E-state index contributed by atoms with van der Waals surface area (Å²) >= 11 is 0. The summed E-state index contributed by atoms with van der Waals surface area (Å²) in [6, 6.07) is 10.9. The van der Waals surface area contributed by atoms with Gasteiger partial charge in [-0.1, -0.05) is 18.2 Å². The van der Waals surface area contributed by atoms with Crippen LogP contribution in [0.5, 0.6) is 5.75 Å². The monoisotopic (exact) mass is 411 g/mol. The molecule has 1 N–H and O–H groups in total. The van der Waals surface area contributed by atoms with Crippen LogP contribution in [0.2, 0.25) is 0 Å². The number of nitrogens with one attached hydrogen (secondary N) is 1.